The van der Waals surface area contributed by atoms with Crippen LogP contribution >= 0.6 is 0 Å². The van der Waals surface area contributed by atoms with Crippen molar-refractivity contribution in [2.45, 2.75) is 18.8 Å². The predicted molar refractivity (Wildman–Crippen MR) is 71.9 cm³/mol. The molecule has 1 unspecified atom stereocenters. The Morgan fingerprint density at radius 3 is 2.80 bits per heavy atom. The molecule has 1 aromatic heterocycles. The van der Waals surface area contributed by atoms with Crippen LogP contribution in [0.1, 0.15) is 24.6 Å². The molecule has 1 atom stereocenters. The molecule has 7 heteroatoms. The molecule has 1 saturated heterocycles. The summed E-state index contributed by atoms with van der Waals surface area (Å²) >= 11 is 0. The lowest BCUT2D eigenvalue weighted by Gasteiger charge is -2.20. The smallest absolute Gasteiger partial charge is 0.260 e. The van der Waals surface area contributed by atoms with Gasteiger partial charge in [-0.15, -0.1) is 0 Å². The molecule has 3 rings (SSSR count). The van der Waals surface area contributed by atoms with Gasteiger partial charge in [0.2, 0.25) is 11.8 Å². The predicted octanol–water partition coefficient (Wildman–Crippen LogP) is 0.0255. The number of H-pyrrole nitrogens is 1. The van der Waals surface area contributed by atoms with Gasteiger partial charge in [-0.1, -0.05) is 6.07 Å². The lowest BCUT2D eigenvalue weighted by Crippen LogP contribution is -2.40. The Bertz CT molecular complexity index is 781. The molecule has 0 saturated carbocycles. The highest BCUT2D eigenvalue weighted by Gasteiger charge is 2.30. The van der Waals surface area contributed by atoms with Gasteiger partial charge < -0.3 is 10.7 Å². The lowest BCUT2D eigenvalue weighted by atomic mass is 9.97. The lowest BCUT2D eigenvalue weighted by molar-refractivity contribution is -0.134. The maximum absolute atomic E-state index is 12.1. The number of anilines is 1. The number of rotatable bonds is 1. The van der Waals surface area contributed by atoms with E-state index in [1.165, 1.54) is 0 Å². The van der Waals surface area contributed by atoms with Gasteiger partial charge in [0, 0.05) is 12.1 Å². The first kappa shape index (κ1) is 12.3. The van der Waals surface area contributed by atoms with E-state index in [4.69, 9.17) is 5.73 Å². The van der Waals surface area contributed by atoms with E-state index in [-0.39, 0.29) is 23.7 Å². The maximum Gasteiger partial charge on any atom is 0.260 e. The average molecular weight is 272 g/mol. The Morgan fingerprint density at radius 1 is 1.25 bits per heavy atom. The molecular formula is C13H12N4O3. The molecule has 7 nitrogen and oxygen atoms in total. The molecule has 1 aromatic carbocycles. The van der Waals surface area contributed by atoms with Crippen LogP contribution in [0.3, 0.4) is 0 Å². The monoisotopic (exact) mass is 272 g/mol. The standard InChI is InChI=1S/C13H12N4O3/c14-7-2-1-3-8-10(7)13(20)17-11(15-8)6-4-5-9(18)16-12(6)19/h1-3,6H,4-5,14H2,(H,15,17,20)(H,16,18,19). The summed E-state index contributed by atoms with van der Waals surface area (Å²) in [5.74, 6) is -1.10. The third-order valence-corrected chi connectivity index (χ3v) is 3.35. The van der Waals surface area contributed by atoms with Crippen LogP contribution in [-0.4, -0.2) is 21.8 Å². The van der Waals surface area contributed by atoms with Crippen LogP contribution in [0, 0.1) is 0 Å². The van der Waals surface area contributed by atoms with Gasteiger partial charge in [0.05, 0.1) is 16.8 Å². The number of hydrogen-bond acceptors (Lipinski definition) is 5. The molecule has 0 aliphatic carbocycles. The molecule has 1 aliphatic heterocycles. The minimum Gasteiger partial charge on any atom is -0.398 e. The fourth-order valence-electron chi connectivity index (χ4n) is 2.35. The number of nitrogens with one attached hydrogen (secondary N) is 2. The summed E-state index contributed by atoms with van der Waals surface area (Å²) in [6, 6.07) is 4.97. The number of imide groups is 1. The van der Waals surface area contributed by atoms with Crippen molar-refractivity contribution in [1.82, 2.24) is 15.3 Å². The number of nitrogens with zero attached hydrogens (tertiary/aromatic N) is 1. The van der Waals surface area contributed by atoms with Crippen LogP contribution in [0.4, 0.5) is 5.69 Å². The van der Waals surface area contributed by atoms with Crippen molar-refractivity contribution in [3.8, 4) is 0 Å². The van der Waals surface area contributed by atoms with E-state index in [0.29, 0.717) is 23.0 Å². The largest absolute Gasteiger partial charge is 0.398 e. The van der Waals surface area contributed by atoms with E-state index in [9.17, 15) is 14.4 Å². The number of aromatic amines is 1. The van der Waals surface area contributed by atoms with Crippen molar-refractivity contribution in [1.29, 1.82) is 0 Å². The highest BCUT2D eigenvalue weighted by atomic mass is 16.2. The number of aromatic nitrogens is 2. The first-order chi connectivity index (χ1) is 9.56. The minimum absolute atomic E-state index is 0.231. The number of fused-ring (bicyclic) bond motifs is 1. The Hall–Kier alpha value is -2.70. The second-order valence-electron chi connectivity index (χ2n) is 4.70. The number of carbonyl (C=O) groups is 2. The molecule has 0 spiro atoms. The molecule has 4 N–H and O–H groups in total. The molecule has 2 aromatic rings. The van der Waals surface area contributed by atoms with Crippen LogP contribution in [0.15, 0.2) is 23.0 Å². The topological polar surface area (TPSA) is 118 Å². The zero-order chi connectivity index (χ0) is 14.3. The zero-order valence-corrected chi connectivity index (χ0v) is 10.5. The van der Waals surface area contributed by atoms with Gasteiger partial charge in [-0.25, -0.2) is 4.98 Å². The first-order valence-corrected chi connectivity index (χ1v) is 6.18. The molecule has 0 bridgehead atoms. The summed E-state index contributed by atoms with van der Waals surface area (Å²) in [4.78, 5) is 41.9. The van der Waals surface area contributed by atoms with E-state index in [1.807, 2.05) is 0 Å². The minimum atomic E-state index is -0.619. The molecule has 2 heterocycles. The fourth-order valence-corrected chi connectivity index (χ4v) is 2.35. The Kier molecular flexibility index (Phi) is 2.74. The number of hydrogen-bond donors (Lipinski definition) is 3. The number of piperidine rings is 1. The molecule has 1 fully saturated rings. The highest BCUT2D eigenvalue weighted by Crippen LogP contribution is 2.23. The van der Waals surface area contributed by atoms with Crippen LogP contribution < -0.4 is 16.6 Å². The van der Waals surface area contributed by atoms with E-state index < -0.39 is 11.8 Å². The van der Waals surface area contributed by atoms with Gasteiger partial charge in [0.25, 0.3) is 5.56 Å². The summed E-state index contributed by atoms with van der Waals surface area (Å²) in [6.07, 6.45) is 0.566. The third-order valence-electron chi connectivity index (χ3n) is 3.35. The summed E-state index contributed by atoms with van der Waals surface area (Å²) in [7, 11) is 0. The zero-order valence-electron chi connectivity index (χ0n) is 10.5. The number of carbonyl (C=O) groups excluding carboxylic acids is 2. The van der Waals surface area contributed by atoms with E-state index in [0.717, 1.165) is 0 Å². The van der Waals surface area contributed by atoms with Gasteiger partial charge in [0.1, 0.15) is 5.82 Å². The summed E-state index contributed by atoms with van der Waals surface area (Å²) < 4.78 is 0. The fraction of sp³-hybridized carbons (Fsp3) is 0.231. The normalized spacial score (nSPS) is 19.1. The third kappa shape index (κ3) is 1.93. The average Bonchev–Trinajstić information content (AvgIpc) is 2.38. The summed E-state index contributed by atoms with van der Waals surface area (Å²) in [6.45, 7) is 0. The van der Waals surface area contributed by atoms with Gasteiger partial charge >= 0.3 is 0 Å². The summed E-state index contributed by atoms with van der Waals surface area (Å²) in [5, 5.41) is 2.55. The molecule has 102 valence electrons. The quantitative estimate of drug-likeness (QED) is 0.500. The number of nitrogens with two attached hydrogens (primary N) is 1. The van der Waals surface area contributed by atoms with Gasteiger partial charge in [-0.3, -0.25) is 19.7 Å². The van der Waals surface area contributed by atoms with E-state index in [1.54, 1.807) is 18.2 Å². The van der Waals surface area contributed by atoms with E-state index >= 15 is 0 Å². The van der Waals surface area contributed by atoms with Gasteiger partial charge in [-0.2, -0.15) is 0 Å². The molecular weight excluding hydrogens is 260 g/mol. The number of amides is 2. The number of nitrogen functional groups attached to an aromatic ring is 1. The van der Waals surface area contributed by atoms with Crippen molar-refractivity contribution in [3.63, 3.8) is 0 Å². The summed E-state index contributed by atoms with van der Waals surface area (Å²) in [5.41, 5.74) is 6.14. The van der Waals surface area contributed by atoms with E-state index in [2.05, 4.69) is 15.3 Å². The van der Waals surface area contributed by atoms with Gasteiger partial charge in [-0.05, 0) is 18.6 Å². The molecule has 0 radical (unpaired) electrons. The molecule has 1 aliphatic rings. The highest BCUT2D eigenvalue weighted by molar-refractivity contribution is 6.00. The Balaban J connectivity index is 2.12. The second kappa shape index (κ2) is 4.44. The van der Waals surface area contributed by atoms with Crippen molar-refractivity contribution < 1.29 is 9.59 Å². The maximum atomic E-state index is 12.1. The van der Waals surface area contributed by atoms with Crippen LogP contribution in [0.2, 0.25) is 0 Å². The van der Waals surface area contributed by atoms with Crippen LogP contribution in [0.5, 0.6) is 0 Å². The van der Waals surface area contributed by atoms with Gasteiger partial charge in [0.15, 0.2) is 0 Å². The Morgan fingerprint density at radius 2 is 2.05 bits per heavy atom. The molecule has 2 amide bonds. The van der Waals surface area contributed by atoms with Crippen LogP contribution in [-0.2, 0) is 9.59 Å². The second-order valence-corrected chi connectivity index (χ2v) is 4.70. The first-order valence-electron chi connectivity index (χ1n) is 6.18. The van der Waals surface area contributed by atoms with Crippen LogP contribution in [0.25, 0.3) is 10.9 Å². The van der Waals surface area contributed by atoms with Crippen molar-refractivity contribution in [3.05, 3.63) is 34.4 Å². The van der Waals surface area contributed by atoms with Crippen molar-refractivity contribution in [2.24, 2.45) is 0 Å². The van der Waals surface area contributed by atoms with Crippen molar-refractivity contribution >= 4 is 28.4 Å². The Labute approximate surface area is 113 Å². The molecule has 20 heavy (non-hydrogen) atoms. The SMILES string of the molecule is Nc1cccc2nc(C3CCC(=O)NC3=O)[nH]c(=O)c12. The number of benzene rings is 1. The van der Waals surface area contributed by atoms with Crippen molar-refractivity contribution in [2.75, 3.05) is 5.73 Å².